The van der Waals surface area contributed by atoms with Crippen LogP contribution >= 0.6 is 23.2 Å². The Morgan fingerprint density at radius 3 is 2.68 bits per heavy atom. The normalized spacial score (nSPS) is 10.1. The Balaban J connectivity index is 1.91. The van der Waals surface area contributed by atoms with E-state index >= 15 is 0 Å². The molecule has 1 N–H and O–H groups in total. The van der Waals surface area contributed by atoms with Crippen LogP contribution in [0.4, 0.5) is 5.69 Å². The maximum absolute atomic E-state index is 11.7. The molecule has 0 unspecified atom stereocenters. The van der Waals surface area contributed by atoms with Crippen LogP contribution in [0, 0.1) is 6.92 Å². The fourth-order valence-electron chi connectivity index (χ4n) is 1.48. The molecule has 0 saturated heterocycles. The second-order valence-electron chi connectivity index (χ2n) is 4.29. The van der Waals surface area contributed by atoms with Crippen LogP contribution in [-0.4, -0.2) is 28.5 Å². The molecule has 0 radical (unpaired) electrons. The van der Waals surface area contributed by atoms with E-state index in [1.54, 1.807) is 19.1 Å². The van der Waals surface area contributed by atoms with Crippen LogP contribution in [0.15, 0.2) is 30.6 Å². The summed E-state index contributed by atoms with van der Waals surface area (Å²) in [7, 11) is 0. The quantitative estimate of drug-likeness (QED) is 0.866. The molecule has 1 aromatic heterocycles. The number of hydrogen-bond donors (Lipinski definition) is 1. The minimum Gasteiger partial charge on any atom is -0.451 e. The number of benzene rings is 1. The van der Waals surface area contributed by atoms with Gasteiger partial charge in [-0.25, -0.2) is 9.78 Å². The van der Waals surface area contributed by atoms with Gasteiger partial charge in [-0.15, -0.1) is 0 Å². The maximum Gasteiger partial charge on any atom is 0.359 e. The van der Waals surface area contributed by atoms with Gasteiger partial charge in [0.15, 0.2) is 12.3 Å². The number of halogens is 2. The number of aromatic nitrogens is 2. The molecule has 0 fully saturated rings. The Morgan fingerprint density at radius 2 is 2.00 bits per heavy atom. The lowest BCUT2D eigenvalue weighted by Crippen LogP contribution is -2.21. The Morgan fingerprint density at radius 1 is 1.23 bits per heavy atom. The first-order valence-corrected chi connectivity index (χ1v) is 6.92. The topological polar surface area (TPSA) is 81.2 Å². The highest BCUT2D eigenvalue weighted by molar-refractivity contribution is 6.35. The Kier molecular flexibility index (Phi) is 5.30. The summed E-state index contributed by atoms with van der Waals surface area (Å²) in [5.41, 5.74) is 1.04. The van der Waals surface area contributed by atoms with Crippen molar-refractivity contribution in [1.82, 2.24) is 9.97 Å². The number of nitrogens with zero attached hydrogens (tertiary/aromatic N) is 2. The summed E-state index contributed by atoms with van der Waals surface area (Å²) in [4.78, 5) is 31.2. The van der Waals surface area contributed by atoms with Gasteiger partial charge in [0.05, 0.1) is 22.6 Å². The van der Waals surface area contributed by atoms with Crippen molar-refractivity contribution >= 4 is 40.8 Å². The number of carbonyl (C=O) groups excluding carboxylic acids is 2. The average molecular weight is 340 g/mol. The monoisotopic (exact) mass is 339 g/mol. The van der Waals surface area contributed by atoms with Gasteiger partial charge in [0.2, 0.25) is 0 Å². The van der Waals surface area contributed by atoms with Crippen LogP contribution in [0.3, 0.4) is 0 Å². The van der Waals surface area contributed by atoms with Crippen molar-refractivity contribution in [3.63, 3.8) is 0 Å². The van der Waals surface area contributed by atoms with Crippen LogP contribution in [0.25, 0.3) is 0 Å². The van der Waals surface area contributed by atoms with Crippen molar-refractivity contribution in [2.24, 2.45) is 0 Å². The highest BCUT2D eigenvalue weighted by atomic mass is 35.5. The van der Waals surface area contributed by atoms with E-state index in [9.17, 15) is 9.59 Å². The van der Waals surface area contributed by atoms with Crippen LogP contribution in [0.2, 0.25) is 10.0 Å². The number of anilines is 1. The largest absolute Gasteiger partial charge is 0.451 e. The fraction of sp³-hybridized carbons (Fsp3) is 0.143. The van der Waals surface area contributed by atoms with Crippen molar-refractivity contribution < 1.29 is 14.3 Å². The van der Waals surface area contributed by atoms with Gasteiger partial charge in [0, 0.05) is 11.2 Å². The first kappa shape index (κ1) is 16.2. The molecule has 114 valence electrons. The van der Waals surface area contributed by atoms with Gasteiger partial charge in [-0.2, -0.15) is 0 Å². The molecule has 1 heterocycles. The average Bonchev–Trinajstić information content (AvgIpc) is 2.49. The van der Waals surface area contributed by atoms with Crippen LogP contribution in [0.1, 0.15) is 16.2 Å². The molecule has 22 heavy (non-hydrogen) atoms. The third-order valence-corrected chi connectivity index (χ3v) is 3.09. The van der Waals surface area contributed by atoms with E-state index in [1.807, 2.05) is 0 Å². The minimum absolute atomic E-state index is 0.0270. The zero-order valence-corrected chi connectivity index (χ0v) is 13.0. The van der Waals surface area contributed by atoms with Crippen molar-refractivity contribution in [2.45, 2.75) is 6.92 Å². The number of amides is 1. The molecule has 0 aliphatic rings. The summed E-state index contributed by atoms with van der Waals surface area (Å²) in [6.45, 7) is 1.27. The van der Waals surface area contributed by atoms with Gasteiger partial charge in [-0.1, -0.05) is 23.2 Å². The van der Waals surface area contributed by atoms with E-state index in [1.165, 1.54) is 18.5 Å². The van der Waals surface area contributed by atoms with Gasteiger partial charge in [0.25, 0.3) is 5.91 Å². The van der Waals surface area contributed by atoms with Gasteiger partial charge in [-0.3, -0.25) is 9.78 Å². The molecule has 6 nitrogen and oxygen atoms in total. The van der Waals surface area contributed by atoms with E-state index in [0.717, 1.165) is 0 Å². The molecule has 0 atom stereocenters. The molecule has 2 rings (SSSR count). The van der Waals surface area contributed by atoms with Gasteiger partial charge >= 0.3 is 5.97 Å². The second-order valence-corrected chi connectivity index (χ2v) is 5.14. The van der Waals surface area contributed by atoms with E-state index in [4.69, 9.17) is 27.9 Å². The molecule has 0 spiro atoms. The summed E-state index contributed by atoms with van der Waals surface area (Å²) in [6, 6.07) is 4.64. The number of rotatable bonds is 4. The Labute approximate surface area is 136 Å². The van der Waals surface area contributed by atoms with E-state index in [0.29, 0.717) is 21.4 Å². The number of nitrogens with one attached hydrogen (secondary N) is 1. The third kappa shape index (κ3) is 4.41. The first-order chi connectivity index (χ1) is 10.5. The van der Waals surface area contributed by atoms with Crippen LogP contribution in [-0.2, 0) is 9.53 Å². The zero-order valence-electron chi connectivity index (χ0n) is 11.5. The number of carbonyl (C=O) groups is 2. The molecular weight excluding hydrogens is 329 g/mol. The van der Waals surface area contributed by atoms with Gasteiger partial charge < -0.3 is 10.1 Å². The zero-order chi connectivity index (χ0) is 16.1. The Hall–Kier alpha value is -2.18. The predicted octanol–water partition coefficient (Wildman–Crippen LogP) is 2.89. The second kappa shape index (κ2) is 7.20. The van der Waals surface area contributed by atoms with E-state index in [2.05, 4.69) is 15.3 Å². The maximum atomic E-state index is 11.7. The van der Waals surface area contributed by atoms with Crippen molar-refractivity contribution in [2.75, 3.05) is 11.9 Å². The molecular formula is C14H11Cl2N3O3. The van der Waals surface area contributed by atoms with Crippen molar-refractivity contribution in [3.05, 3.63) is 52.0 Å². The molecule has 2 aromatic rings. The summed E-state index contributed by atoms with van der Waals surface area (Å²) in [6.07, 6.45) is 2.71. The Bertz CT molecular complexity index is 705. The fourth-order valence-corrected chi connectivity index (χ4v) is 1.82. The number of aryl methyl sites for hydroxylation is 1. The molecule has 0 aliphatic carbocycles. The van der Waals surface area contributed by atoms with Crippen molar-refractivity contribution in [3.8, 4) is 0 Å². The molecule has 0 aliphatic heterocycles. The minimum atomic E-state index is -0.736. The van der Waals surface area contributed by atoms with Crippen molar-refractivity contribution in [1.29, 1.82) is 0 Å². The lowest BCUT2D eigenvalue weighted by atomic mass is 10.3. The first-order valence-electron chi connectivity index (χ1n) is 6.16. The van der Waals surface area contributed by atoms with E-state index < -0.39 is 18.5 Å². The smallest absolute Gasteiger partial charge is 0.359 e. The number of hydrogen-bond acceptors (Lipinski definition) is 5. The molecule has 1 amide bonds. The third-order valence-electron chi connectivity index (χ3n) is 2.53. The highest BCUT2D eigenvalue weighted by Gasteiger charge is 2.13. The van der Waals surface area contributed by atoms with Gasteiger partial charge in [-0.05, 0) is 25.1 Å². The highest BCUT2D eigenvalue weighted by Crippen LogP contribution is 2.25. The summed E-state index contributed by atoms with van der Waals surface area (Å²) < 4.78 is 4.84. The van der Waals surface area contributed by atoms with Crippen LogP contribution < -0.4 is 5.32 Å². The lowest BCUT2D eigenvalue weighted by molar-refractivity contribution is -0.119. The summed E-state index contributed by atoms with van der Waals surface area (Å²) >= 11 is 11.7. The predicted molar refractivity (Wildman–Crippen MR) is 82.1 cm³/mol. The number of ether oxygens (including phenoxy) is 1. The van der Waals surface area contributed by atoms with Gasteiger partial charge in [0.1, 0.15) is 0 Å². The van der Waals surface area contributed by atoms with E-state index in [-0.39, 0.29) is 5.69 Å². The molecule has 8 heteroatoms. The SMILES string of the molecule is Cc1cnc(C(=O)OCC(=O)Nc2cc(Cl)ccc2Cl)cn1. The molecule has 0 saturated carbocycles. The summed E-state index contributed by atoms with van der Waals surface area (Å²) in [5, 5.41) is 3.25. The summed E-state index contributed by atoms with van der Waals surface area (Å²) in [5.74, 6) is -1.28. The van der Waals surface area contributed by atoms with Crippen LogP contribution in [0.5, 0.6) is 0 Å². The number of esters is 1. The lowest BCUT2D eigenvalue weighted by Gasteiger charge is -2.08. The molecule has 0 bridgehead atoms. The standard InChI is InChI=1S/C14H11Cl2N3O3/c1-8-5-18-12(6-17-8)14(21)22-7-13(20)19-11-4-9(15)2-3-10(11)16/h2-6H,7H2,1H3,(H,19,20). The molecule has 1 aromatic carbocycles.